The van der Waals surface area contributed by atoms with Gasteiger partial charge in [0.25, 0.3) is 0 Å². The van der Waals surface area contributed by atoms with Crippen molar-refractivity contribution in [2.24, 2.45) is 0 Å². The van der Waals surface area contributed by atoms with E-state index in [1.807, 2.05) is 0 Å². The number of nitrogens with two attached hydrogens (primary N) is 1. The number of halogens is 2. The van der Waals surface area contributed by atoms with E-state index in [1.54, 1.807) is 24.3 Å². The van der Waals surface area contributed by atoms with Crippen molar-refractivity contribution in [3.8, 4) is 0 Å². The van der Waals surface area contributed by atoms with Gasteiger partial charge < -0.3 is 5.73 Å². The quantitative estimate of drug-likeness (QED) is 0.832. The first-order valence-corrected chi connectivity index (χ1v) is 5.69. The summed E-state index contributed by atoms with van der Waals surface area (Å²) in [4.78, 5) is 4.84. The highest BCUT2D eigenvalue weighted by atomic mass is 35.5. The maximum atomic E-state index is 12.9. The summed E-state index contributed by atoms with van der Waals surface area (Å²) in [5, 5.41) is 0.981. The van der Waals surface area contributed by atoms with Crippen LogP contribution in [0.15, 0.2) is 46.3 Å². The molecule has 0 spiro atoms. The Hall–Kier alpha value is -1.26. The first-order valence-electron chi connectivity index (χ1n) is 4.50. The molecule has 1 aromatic heterocycles. The molecule has 1 heterocycles. The molecule has 0 saturated carbocycles. The van der Waals surface area contributed by atoms with Crippen LogP contribution in [0.25, 0.3) is 0 Å². The number of anilines is 1. The fourth-order valence-electron chi connectivity index (χ4n) is 1.20. The average molecular weight is 255 g/mol. The lowest BCUT2D eigenvalue weighted by Crippen LogP contribution is -1.88. The molecule has 2 rings (SSSR count). The molecular formula is C11H8ClFN2S. The zero-order valence-electron chi connectivity index (χ0n) is 8.15. The number of nitrogen functional groups attached to an aromatic ring is 1. The monoisotopic (exact) mass is 254 g/mol. The third-order valence-corrected chi connectivity index (χ3v) is 2.91. The van der Waals surface area contributed by atoms with Gasteiger partial charge >= 0.3 is 0 Å². The lowest BCUT2D eigenvalue weighted by atomic mass is 10.4. The van der Waals surface area contributed by atoms with Crippen LogP contribution in [0.2, 0.25) is 5.15 Å². The minimum absolute atomic E-state index is 0.278. The number of pyridine rings is 1. The molecule has 0 aliphatic heterocycles. The second kappa shape index (κ2) is 4.72. The number of benzene rings is 1. The Bertz CT molecular complexity index is 499. The van der Waals surface area contributed by atoms with E-state index in [1.165, 1.54) is 23.9 Å². The van der Waals surface area contributed by atoms with Gasteiger partial charge in [-0.15, -0.1) is 0 Å². The van der Waals surface area contributed by atoms with E-state index in [0.29, 0.717) is 15.9 Å². The third-order valence-electron chi connectivity index (χ3n) is 1.81. The molecule has 2 aromatic rings. The van der Waals surface area contributed by atoms with Crippen LogP contribution >= 0.6 is 23.4 Å². The maximum absolute atomic E-state index is 12.9. The van der Waals surface area contributed by atoms with Crippen molar-refractivity contribution in [1.82, 2.24) is 4.98 Å². The van der Waals surface area contributed by atoms with Gasteiger partial charge in [0.15, 0.2) is 0 Å². The van der Waals surface area contributed by atoms with E-state index in [4.69, 9.17) is 17.3 Å². The fourth-order valence-corrected chi connectivity index (χ4v) is 2.36. The zero-order valence-corrected chi connectivity index (χ0v) is 9.73. The Morgan fingerprint density at radius 1 is 1.25 bits per heavy atom. The molecular weight excluding hydrogens is 247 g/mol. The molecule has 0 radical (unpaired) electrons. The molecule has 0 fully saturated rings. The predicted molar refractivity (Wildman–Crippen MR) is 64.2 cm³/mol. The minimum Gasteiger partial charge on any atom is -0.399 e. The van der Waals surface area contributed by atoms with Crippen LogP contribution in [0.5, 0.6) is 0 Å². The molecule has 1 aromatic carbocycles. The summed E-state index contributed by atoms with van der Waals surface area (Å²) in [5.41, 5.74) is 6.17. The highest BCUT2D eigenvalue weighted by molar-refractivity contribution is 7.99. The maximum Gasteiger partial charge on any atom is 0.132 e. The third kappa shape index (κ3) is 2.87. The van der Waals surface area contributed by atoms with Crippen LogP contribution < -0.4 is 5.73 Å². The molecule has 0 amide bonds. The SMILES string of the molecule is Nc1cc(Cl)nc(Sc2cccc(F)c2)c1. The summed E-state index contributed by atoms with van der Waals surface area (Å²) in [6.45, 7) is 0. The zero-order chi connectivity index (χ0) is 11.5. The van der Waals surface area contributed by atoms with Gasteiger partial charge in [-0.2, -0.15) is 0 Å². The van der Waals surface area contributed by atoms with Gasteiger partial charge in [-0.3, -0.25) is 0 Å². The highest BCUT2D eigenvalue weighted by Gasteiger charge is 2.02. The summed E-state index contributed by atoms with van der Waals surface area (Å²) < 4.78 is 12.9. The van der Waals surface area contributed by atoms with E-state index >= 15 is 0 Å². The Labute approximate surface area is 102 Å². The number of hydrogen-bond acceptors (Lipinski definition) is 3. The van der Waals surface area contributed by atoms with E-state index in [2.05, 4.69) is 4.98 Å². The van der Waals surface area contributed by atoms with Gasteiger partial charge in [0.2, 0.25) is 0 Å². The van der Waals surface area contributed by atoms with Crippen molar-refractivity contribution in [1.29, 1.82) is 0 Å². The Balaban J connectivity index is 2.27. The molecule has 0 bridgehead atoms. The summed E-state index contributed by atoms with van der Waals surface area (Å²) in [5.74, 6) is -0.278. The normalized spacial score (nSPS) is 10.4. The van der Waals surface area contributed by atoms with Crippen molar-refractivity contribution in [3.63, 3.8) is 0 Å². The smallest absolute Gasteiger partial charge is 0.132 e. The fraction of sp³-hybridized carbons (Fsp3) is 0. The second-order valence-corrected chi connectivity index (χ2v) is 4.60. The number of rotatable bonds is 2. The molecule has 2 N–H and O–H groups in total. The molecule has 0 atom stereocenters. The topological polar surface area (TPSA) is 38.9 Å². The molecule has 0 saturated heterocycles. The lowest BCUT2D eigenvalue weighted by Gasteiger charge is -2.02. The van der Waals surface area contributed by atoms with Gasteiger partial charge in [-0.25, -0.2) is 9.37 Å². The number of hydrogen-bond donors (Lipinski definition) is 1. The average Bonchev–Trinajstić information content (AvgIpc) is 2.15. The molecule has 5 heteroatoms. The van der Waals surface area contributed by atoms with Gasteiger partial charge in [0.1, 0.15) is 16.0 Å². The van der Waals surface area contributed by atoms with Gasteiger partial charge in [0.05, 0.1) is 0 Å². The van der Waals surface area contributed by atoms with Crippen molar-refractivity contribution in [2.45, 2.75) is 9.92 Å². The number of nitrogens with zero attached hydrogens (tertiary/aromatic N) is 1. The van der Waals surface area contributed by atoms with Gasteiger partial charge in [-0.05, 0) is 30.3 Å². The van der Waals surface area contributed by atoms with Crippen molar-refractivity contribution < 1.29 is 4.39 Å². The van der Waals surface area contributed by atoms with Crippen LogP contribution in [-0.2, 0) is 0 Å². The van der Waals surface area contributed by atoms with Crippen LogP contribution in [0.4, 0.5) is 10.1 Å². The van der Waals surface area contributed by atoms with E-state index < -0.39 is 0 Å². The van der Waals surface area contributed by atoms with Crippen LogP contribution in [-0.4, -0.2) is 4.98 Å². The molecule has 2 nitrogen and oxygen atoms in total. The Kier molecular flexibility index (Phi) is 3.31. The van der Waals surface area contributed by atoms with E-state index in [9.17, 15) is 4.39 Å². The standard InChI is InChI=1S/C11H8ClFN2S/c12-10-5-8(14)6-11(15-10)16-9-3-1-2-7(13)4-9/h1-6H,(H2,14,15). The molecule has 0 aliphatic rings. The molecule has 82 valence electrons. The van der Waals surface area contributed by atoms with Crippen LogP contribution in [0, 0.1) is 5.82 Å². The molecule has 0 aliphatic carbocycles. The van der Waals surface area contributed by atoms with Crippen LogP contribution in [0.3, 0.4) is 0 Å². The molecule has 0 unspecified atom stereocenters. The van der Waals surface area contributed by atoms with Crippen LogP contribution in [0.1, 0.15) is 0 Å². The Morgan fingerprint density at radius 2 is 2.06 bits per heavy atom. The Morgan fingerprint density at radius 3 is 2.75 bits per heavy atom. The highest BCUT2D eigenvalue weighted by Crippen LogP contribution is 2.28. The summed E-state index contributed by atoms with van der Waals surface area (Å²) in [6.07, 6.45) is 0. The summed E-state index contributed by atoms with van der Waals surface area (Å²) in [6, 6.07) is 9.53. The predicted octanol–water partition coefficient (Wildman–Crippen LogP) is 3.61. The minimum atomic E-state index is -0.278. The first-order chi connectivity index (χ1) is 7.63. The van der Waals surface area contributed by atoms with E-state index in [-0.39, 0.29) is 5.82 Å². The molecule has 16 heavy (non-hydrogen) atoms. The van der Waals surface area contributed by atoms with Gasteiger partial charge in [-0.1, -0.05) is 29.4 Å². The number of aromatic nitrogens is 1. The second-order valence-electron chi connectivity index (χ2n) is 3.12. The van der Waals surface area contributed by atoms with Crippen molar-refractivity contribution in [3.05, 3.63) is 47.4 Å². The summed E-state index contributed by atoms with van der Waals surface area (Å²) in [7, 11) is 0. The largest absolute Gasteiger partial charge is 0.399 e. The first kappa shape index (κ1) is 11.2. The summed E-state index contributed by atoms with van der Waals surface area (Å²) >= 11 is 7.08. The van der Waals surface area contributed by atoms with Gasteiger partial charge in [0, 0.05) is 10.6 Å². The van der Waals surface area contributed by atoms with Crippen molar-refractivity contribution >= 4 is 29.1 Å². The van der Waals surface area contributed by atoms with Crippen molar-refractivity contribution in [2.75, 3.05) is 5.73 Å². The van der Waals surface area contributed by atoms with E-state index in [0.717, 1.165) is 4.90 Å². The lowest BCUT2D eigenvalue weighted by molar-refractivity contribution is 0.624.